The van der Waals surface area contributed by atoms with Crippen LogP contribution < -0.4 is 0 Å². The molecule has 150 valence electrons. The molecule has 0 unspecified atom stereocenters. The van der Waals surface area contributed by atoms with Crippen molar-refractivity contribution in [1.29, 1.82) is 0 Å². The van der Waals surface area contributed by atoms with Crippen LogP contribution in [-0.2, 0) is 23.9 Å². The second-order valence-corrected chi connectivity index (χ2v) is 7.44. The van der Waals surface area contributed by atoms with Crippen molar-refractivity contribution in [2.45, 2.75) is 64.3 Å². The highest BCUT2D eigenvalue weighted by Gasteiger charge is 2.23. The molecule has 0 radical (unpaired) electrons. The number of hydrogen-bond donors (Lipinski definition) is 0. The molecule has 0 aliphatic carbocycles. The van der Waals surface area contributed by atoms with E-state index >= 15 is 0 Å². The van der Waals surface area contributed by atoms with Gasteiger partial charge < -0.3 is 9.47 Å². The first kappa shape index (κ1) is 21.8. The Morgan fingerprint density at radius 1 is 1.11 bits per heavy atom. The Balaban J connectivity index is 2.22. The quantitative estimate of drug-likeness (QED) is 0.389. The molecular weight excluding hydrogens is 356 g/mol. The summed E-state index contributed by atoms with van der Waals surface area (Å²) >= 11 is 0. The van der Waals surface area contributed by atoms with Crippen molar-refractivity contribution in [2.24, 2.45) is 0 Å². The molecule has 3 atom stereocenters. The Morgan fingerprint density at radius 3 is 2.64 bits per heavy atom. The molecule has 1 fully saturated rings. The third kappa shape index (κ3) is 7.61. The fourth-order valence-corrected chi connectivity index (χ4v) is 3.31. The zero-order chi connectivity index (χ0) is 20.5. The van der Waals surface area contributed by atoms with Crippen LogP contribution >= 0.6 is 0 Å². The van der Waals surface area contributed by atoms with E-state index in [0.29, 0.717) is 19.1 Å². The molecule has 1 saturated heterocycles. The van der Waals surface area contributed by atoms with Gasteiger partial charge in [-0.1, -0.05) is 47.6 Å². The van der Waals surface area contributed by atoms with Gasteiger partial charge >= 0.3 is 5.97 Å². The van der Waals surface area contributed by atoms with Gasteiger partial charge in [0, 0.05) is 18.9 Å². The molecule has 2 aliphatic rings. The van der Waals surface area contributed by atoms with E-state index in [1.54, 1.807) is 12.2 Å². The predicted molar refractivity (Wildman–Crippen MR) is 108 cm³/mol. The van der Waals surface area contributed by atoms with E-state index in [9.17, 15) is 14.4 Å². The molecule has 0 amide bonds. The van der Waals surface area contributed by atoms with Crippen molar-refractivity contribution in [1.82, 2.24) is 0 Å². The summed E-state index contributed by atoms with van der Waals surface area (Å²) in [5.74, 6) is -0.600. The van der Waals surface area contributed by atoms with Crippen LogP contribution in [-0.4, -0.2) is 36.4 Å². The minimum Gasteiger partial charge on any atom is -0.451 e. The summed E-state index contributed by atoms with van der Waals surface area (Å²) in [4.78, 5) is 35.3. The first-order chi connectivity index (χ1) is 13.4. The minimum atomic E-state index is -0.843. The zero-order valence-corrected chi connectivity index (χ0v) is 16.6. The predicted octanol–water partition coefficient (Wildman–Crippen LogP) is 3.96. The lowest BCUT2D eigenvalue weighted by atomic mass is 9.95. The standard InChI is InChI=1S/C23H28O5/c1-16-6-4-9-23(26)28-22(15-24)14-18(3)13-21-12-17(2)11-20(27-21)8-5-7-19(25)10-16/h4-7,9,13,15,20-22H,2,8,10-12,14H2,1,3H3/b7-5+,9-4+,16-6-,18-13+/t20-,21-,22-/m1/s1. The van der Waals surface area contributed by atoms with E-state index in [0.717, 1.165) is 29.6 Å². The molecule has 5 nitrogen and oxygen atoms in total. The average molecular weight is 384 g/mol. The average Bonchev–Trinajstić information content (AvgIpc) is 2.59. The molecule has 0 saturated carbocycles. The van der Waals surface area contributed by atoms with Gasteiger partial charge in [-0.25, -0.2) is 4.79 Å². The topological polar surface area (TPSA) is 69.7 Å². The normalized spacial score (nSPS) is 33.9. The first-order valence-electron chi connectivity index (χ1n) is 9.54. The number of aldehydes is 1. The number of esters is 1. The Bertz CT molecular complexity index is 738. The number of carbonyl (C=O) groups is 3. The third-order valence-electron chi connectivity index (χ3n) is 4.56. The Kier molecular flexibility index (Phi) is 8.33. The molecule has 0 aromatic heterocycles. The molecular formula is C23H28O5. The minimum absolute atomic E-state index is 0.00575. The highest BCUT2D eigenvalue weighted by molar-refractivity contribution is 5.91. The third-order valence-corrected chi connectivity index (χ3v) is 4.56. The fraction of sp³-hybridized carbons (Fsp3) is 0.435. The van der Waals surface area contributed by atoms with Gasteiger partial charge in [0.05, 0.1) is 12.2 Å². The van der Waals surface area contributed by atoms with Crippen molar-refractivity contribution < 1.29 is 23.9 Å². The van der Waals surface area contributed by atoms with Crippen LogP contribution in [0.4, 0.5) is 0 Å². The van der Waals surface area contributed by atoms with E-state index < -0.39 is 12.1 Å². The lowest BCUT2D eigenvalue weighted by Gasteiger charge is -2.30. The second kappa shape index (κ2) is 10.7. The van der Waals surface area contributed by atoms with E-state index in [2.05, 4.69) is 6.58 Å². The van der Waals surface area contributed by atoms with Gasteiger partial charge in [-0.05, 0) is 39.2 Å². The van der Waals surface area contributed by atoms with Crippen LogP contribution in [0.15, 0.2) is 59.8 Å². The summed E-state index contributed by atoms with van der Waals surface area (Å²) in [6.45, 7) is 7.81. The SMILES string of the molecule is C=C1C[C@H]2C/C=C/C(=O)C/C(C)=C\C=C\C(=O)O[C@@H](C=O)C/C(C)=C/[C@@H](C1)O2. The molecule has 2 bridgehead atoms. The summed E-state index contributed by atoms with van der Waals surface area (Å²) in [6.07, 6.45) is 12.2. The molecule has 0 aromatic rings. The fourth-order valence-electron chi connectivity index (χ4n) is 3.31. The Morgan fingerprint density at radius 2 is 1.89 bits per heavy atom. The van der Waals surface area contributed by atoms with Crippen LogP contribution in [0.5, 0.6) is 0 Å². The van der Waals surface area contributed by atoms with Gasteiger partial charge in [-0.3, -0.25) is 9.59 Å². The molecule has 0 N–H and O–H groups in total. The monoisotopic (exact) mass is 384 g/mol. The molecule has 0 aromatic carbocycles. The zero-order valence-electron chi connectivity index (χ0n) is 16.6. The summed E-state index contributed by atoms with van der Waals surface area (Å²) in [5.41, 5.74) is 2.84. The Hall–Kier alpha value is -2.53. The van der Waals surface area contributed by atoms with Crippen molar-refractivity contribution in [3.8, 4) is 0 Å². The van der Waals surface area contributed by atoms with Crippen LogP contribution in [0.2, 0.25) is 0 Å². The molecule has 5 heteroatoms. The largest absolute Gasteiger partial charge is 0.451 e. The maximum atomic E-state index is 12.1. The molecule has 2 heterocycles. The van der Waals surface area contributed by atoms with Crippen LogP contribution in [0, 0.1) is 0 Å². The number of rotatable bonds is 1. The van der Waals surface area contributed by atoms with Crippen molar-refractivity contribution in [3.63, 3.8) is 0 Å². The summed E-state index contributed by atoms with van der Waals surface area (Å²) in [5, 5.41) is 0. The van der Waals surface area contributed by atoms with Gasteiger partial charge in [0.25, 0.3) is 0 Å². The van der Waals surface area contributed by atoms with E-state index in [4.69, 9.17) is 9.47 Å². The molecule has 2 aliphatic heterocycles. The second-order valence-electron chi connectivity index (χ2n) is 7.44. The van der Waals surface area contributed by atoms with Gasteiger partial charge in [0.2, 0.25) is 0 Å². The number of allylic oxidation sites excluding steroid dienone is 4. The maximum Gasteiger partial charge on any atom is 0.331 e. The number of ketones is 1. The summed E-state index contributed by atoms with van der Waals surface area (Å²) in [6, 6.07) is 0. The first-order valence-corrected chi connectivity index (χ1v) is 9.54. The van der Waals surface area contributed by atoms with Crippen LogP contribution in [0.1, 0.15) is 46.0 Å². The molecule has 0 spiro atoms. The number of hydrogen-bond acceptors (Lipinski definition) is 5. The smallest absolute Gasteiger partial charge is 0.331 e. The van der Waals surface area contributed by atoms with E-state index in [-0.39, 0.29) is 24.4 Å². The van der Waals surface area contributed by atoms with Gasteiger partial charge in [-0.15, -0.1) is 0 Å². The van der Waals surface area contributed by atoms with Gasteiger partial charge in [-0.2, -0.15) is 0 Å². The number of ether oxygens (including phenoxy) is 2. The lowest BCUT2D eigenvalue weighted by molar-refractivity contribution is -0.146. The maximum absolute atomic E-state index is 12.1. The van der Waals surface area contributed by atoms with Crippen molar-refractivity contribution in [2.75, 3.05) is 0 Å². The summed E-state index contributed by atoms with van der Waals surface area (Å²) < 4.78 is 11.3. The van der Waals surface area contributed by atoms with Crippen LogP contribution in [0.3, 0.4) is 0 Å². The highest BCUT2D eigenvalue weighted by Crippen LogP contribution is 2.27. The number of carbonyl (C=O) groups excluding carboxylic acids is 3. The number of cyclic esters (lactones) is 1. The lowest BCUT2D eigenvalue weighted by Crippen LogP contribution is -2.27. The van der Waals surface area contributed by atoms with E-state index in [1.165, 1.54) is 12.2 Å². The molecule has 2 rings (SSSR count). The number of fused-ring (bicyclic) bond motifs is 2. The van der Waals surface area contributed by atoms with E-state index in [1.807, 2.05) is 26.0 Å². The van der Waals surface area contributed by atoms with Crippen molar-refractivity contribution >= 4 is 18.0 Å². The summed E-state index contributed by atoms with van der Waals surface area (Å²) in [7, 11) is 0. The van der Waals surface area contributed by atoms with Crippen molar-refractivity contribution in [3.05, 3.63) is 59.8 Å². The van der Waals surface area contributed by atoms with Crippen LogP contribution in [0.25, 0.3) is 0 Å². The highest BCUT2D eigenvalue weighted by atomic mass is 16.5. The molecule has 28 heavy (non-hydrogen) atoms. The van der Waals surface area contributed by atoms with Gasteiger partial charge in [0.1, 0.15) is 0 Å². The Labute approximate surface area is 166 Å². The van der Waals surface area contributed by atoms with Gasteiger partial charge in [0.15, 0.2) is 18.2 Å².